The van der Waals surface area contributed by atoms with Crippen LogP contribution in [0.2, 0.25) is 0 Å². The fraction of sp³-hybridized carbons (Fsp3) is 0.176. The number of aryl methyl sites for hydroxylation is 2. The van der Waals surface area contributed by atoms with Gasteiger partial charge in [-0.15, -0.1) is 11.3 Å². The average Bonchev–Trinajstić information content (AvgIpc) is 3.18. The highest BCUT2D eigenvalue weighted by Gasteiger charge is 2.18. The smallest absolute Gasteiger partial charge is 0.269 e. The first kappa shape index (κ1) is 15.5. The van der Waals surface area contributed by atoms with Crippen LogP contribution in [0.1, 0.15) is 4.88 Å². The zero-order valence-electron chi connectivity index (χ0n) is 13.9. The molecule has 25 heavy (non-hydrogen) atoms. The number of aromatic nitrogens is 5. The lowest BCUT2D eigenvalue weighted by molar-refractivity contribution is 0.398. The van der Waals surface area contributed by atoms with Crippen LogP contribution >= 0.6 is 11.3 Å². The predicted molar refractivity (Wildman–Crippen MR) is 97.0 cm³/mol. The lowest BCUT2D eigenvalue weighted by atomic mass is 10.1. The maximum absolute atomic E-state index is 12.5. The molecule has 0 saturated heterocycles. The first-order valence-electron chi connectivity index (χ1n) is 7.60. The van der Waals surface area contributed by atoms with Crippen LogP contribution in [0, 0.1) is 6.92 Å². The molecular formula is C17H15N5O2S. The highest BCUT2D eigenvalue weighted by Crippen LogP contribution is 2.36. The molecule has 0 fully saturated rings. The third kappa shape index (κ3) is 2.51. The van der Waals surface area contributed by atoms with Crippen molar-refractivity contribution in [1.82, 2.24) is 24.5 Å². The number of aromatic amines is 1. The molecule has 126 valence electrons. The summed E-state index contributed by atoms with van der Waals surface area (Å²) in [5, 5.41) is 0. The number of nitrogens with one attached hydrogen (secondary N) is 1. The van der Waals surface area contributed by atoms with E-state index in [2.05, 4.69) is 15.0 Å². The Labute approximate surface area is 147 Å². The summed E-state index contributed by atoms with van der Waals surface area (Å²) in [5.74, 6) is 1.60. The van der Waals surface area contributed by atoms with E-state index in [1.807, 2.05) is 30.8 Å². The van der Waals surface area contributed by atoms with E-state index >= 15 is 0 Å². The van der Waals surface area contributed by atoms with Gasteiger partial charge in [-0.2, -0.15) is 0 Å². The summed E-state index contributed by atoms with van der Waals surface area (Å²) in [4.78, 5) is 29.6. The van der Waals surface area contributed by atoms with E-state index in [0.29, 0.717) is 27.7 Å². The minimum absolute atomic E-state index is 0.163. The van der Waals surface area contributed by atoms with Crippen LogP contribution in [0.25, 0.3) is 33.0 Å². The molecule has 1 N–H and O–H groups in total. The van der Waals surface area contributed by atoms with Gasteiger partial charge in [-0.05, 0) is 13.0 Å². The minimum atomic E-state index is -0.163. The maximum atomic E-state index is 12.5. The number of imidazole rings is 1. The largest absolute Gasteiger partial charge is 0.481 e. The van der Waals surface area contributed by atoms with E-state index in [-0.39, 0.29) is 5.56 Å². The van der Waals surface area contributed by atoms with Crippen molar-refractivity contribution in [2.45, 2.75) is 6.92 Å². The first-order valence-corrected chi connectivity index (χ1v) is 8.41. The Hall–Kier alpha value is -3.00. The number of fused-ring (bicyclic) bond motifs is 1. The summed E-state index contributed by atoms with van der Waals surface area (Å²) in [5.41, 5.74) is 2.31. The number of ether oxygens (including phenoxy) is 1. The molecule has 0 aromatic carbocycles. The number of hydrogen-bond donors (Lipinski definition) is 1. The Morgan fingerprint density at radius 2 is 2.12 bits per heavy atom. The summed E-state index contributed by atoms with van der Waals surface area (Å²) < 4.78 is 7.53. The van der Waals surface area contributed by atoms with Crippen LogP contribution in [0.5, 0.6) is 5.88 Å². The topological polar surface area (TPSA) is 85.7 Å². The summed E-state index contributed by atoms with van der Waals surface area (Å²) in [6, 6.07) is 3.72. The van der Waals surface area contributed by atoms with Crippen LogP contribution < -0.4 is 10.3 Å². The van der Waals surface area contributed by atoms with Crippen molar-refractivity contribution in [3.05, 3.63) is 46.0 Å². The zero-order chi connectivity index (χ0) is 17.6. The van der Waals surface area contributed by atoms with E-state index in [0.717, 1.165) is 16.0 Å². The third-order valence-electron chi connectivity index (χ3n) is 3.99. The first-order chi connectivity index (χ1) is 12.1. The van der Waals surface area contributed by atoms with Crippen molar-refractivity contribution < 1.29 is 4.74 Å². The van der Waals surface area contributed by atoms with Crippen LogP contribution in [0.4, 0.5) is 0 Å². The van der Waals surface area contributed by atoms with Crippen molar-refractivity contribution in [3.8, 4) is 28.7 Å². The van der Waals surface area contributed by atoms with Gasteiger partial charge in [-0.1, -0.05) is 0 Å². The third-order valence-corrected chi connectivity index (χ3v) is 5.08. The van der Waals surface area contributed by atoms with Crippen LogP contribution in [0.3, 0.4) is 0 Å². The second-order valence-corrected chi connectivity index (χ2v) is 6.80. The second-order valence-electron chi connectivity index (χ2n) is 5.58. The molecule has 8 heteroatoms. The SMILES string of the molecule is COc1ccc(-c2c(C)sc3c(=O)[nH]c(-c4nccn4C)nc23)cn1. The number of hydrogen-bond acceptors (Lipinski definition) is 6. The molecule has 0 aliphatic rings. The number of pyridine rings is 1. The van der Waals surface area contributed by atoms with Gasteiger partial charge in [0.2, 0.25) is 5.88 Å². The van der Waals surface area contributed by atoms with Gasteiger partial charge in [-0.3, -0.25) is 4.79 Å². The summed E-state index contributed by atoms with van der Waals surface area (Å²) in [6.45, 7) is 1.98. The van der Waals surface area contributed by atoms with Gasteiger partial charge in [0.15, 0.2) is 11.6 Å². The van der Waals surface area contributed by atoms with E-state index in [4.69, 9.17) is 9.72 Å². The highest BCUT2D eigenvalue weighted by atomic mass is 32.1. The molecule has 0 amide bonds. The number of rotatable bonds is 3. The van der Waals surface area contributed by atoms with E-state index in [1.165, 1.54) is 11.3 Å². The van der Waals surface area contributed by atoms with Crippen molar-refractivity contribution in [2.24, 2.45) is 7.05 Å². The zero-order valence-corrected chi connectivity index (χ0v) is 14.7. The molecule has 0 saturated carbocycles. The molecule has 0 aliphatic carbocycles. The molecule has 0 bridgehead atoms. The standard InChI is InChI=1S/C17H15N5O2S/c1-9-12(10-4-5-11(24-3)19-8-10)13-14(25-9)17(23)21-15(20-13)16-18-6-7-22(16)2/h4-8H,1-3H3,(H,20,21,23). The Bertz CT molecular complexity index is 1120. The molecule has 0 aliphatic heterocycles. The fourth-order valence-electron chi connectivity index (χ4n) is 2.79. The van der Waals surface area contributed by atoms with Gasteiger partial charge in [0.1, 0.15) is 4.70 Å². The Morgan fingerprint density at radius 3 is 2.76 bits per heavy atom. The Kier molecular flexibility index (Phi) is 3.61. The summed E-state index contributed by atoms with van der Waals surface area (Å²) in [7, 11) is 3.44. The van der Waals surface area contributed by atoms with Crippen molar-refractivity contribution in [3.63, 3.8) is 0 Å². The van der Waals surface area contributed by atoms with Gasteiger partial charge < -0.3 is 14.3 Å². The van der Waals surface area contributed by atoms with Gasteiger partial charge in [0.25, 0.3) is 5.56 Å². The summed E-state index contributed by atoms with van der Waals surface area (Å²) >= 11 is 1.43. The quantitative estimate of drug-likeness (QED) is 0.612. The number of H-pyrrole nitrogens is 1. The minimum Gasteiger partial charge on any atom is -0.481 e. The molecule has 0 atom stereocenters. The molecule has 4 aromatic heterocycles. The number of thiophene rings is 1. The predicted octanol–water partition coefficient (Wildman–Crippen LogP) is 2.76. The second kappa shape index (κ2) is 5.82. The van der Waals surface area contributed by atoms with E-state index in [1.54, 1.807) is 25.6 Å². The van der Waals surface area contributed by atoms with Crippen LogP contribution in [-0.4, -0.2) is 31.6 Å². The van der Waals surface area contributed by atoms with Crippen molar-refractivity contribution >= 4 is 21.6 Å². The molecular weight excluding hydrogens is 338 g/mol. The van der Waals surface area contributed by atoms with Crippen molar-refractivity contribution in [1.29, 1.82) is 0 Å². The summed E-state index contributed by atoms with van der Waals surface area (Å²) in [6.07, 6.45) is 5.22. The normalized spacial score (nSPS) is 11.2. The van der Waals surface area contributed by atoms with Crippen molar-refractivity contribution in [2.75, 3.05) is 7.11 Å². The van der Waals surface area contributed by atoms with Crippen LogP contribution in [0.15, 0.2) is 35.5 Å². The lowest BCUT2D eigenvalue weighted by Gasteiger charge is -2.05. The molecule has 0 spiro atoms. The molecule has 4 aromatic rings. The molecule has 4 rings (SSSR count). The Balaban J connectivity index is 1.98. The van der Waals surface area contributed by atoms with E-state index in [9.17, 15) is 4.79 Å². The Morgan fingerprint density at radius 1 is 1.28 bits per heavy atom. The molecule has 4 heterocycles. The maximum Gasteiger partial charge on any atom is 0.269 e. The number of methoxy groups -OCH3 is 1. The highest BCUT2D eigenvalue weighted by molar-refractivity contribution is 7.19. The number of nitrogens with zero attached hydrogens (tertiary/aromatic N) is 4. The fourth-order valence-corrected chi connectivity index (χ4v) is 3.80. The van der Waals surface area contributed by atoms with Gasteiger partial charge in [-0.25, -0.2) is 15.0 Å². The van der Waals surface area contributed by atoms with Crippen LogP contribution in [-0.2, 0) is 7.05 Å². The van der Waals surface area contributed by atoms with E-state index < -0.39 is 0 Å². The molecule has 0 unspecified atom stereocenters. The lowest BCUT2D eigenvalue weighted by Crippen LogP contribution is -2.09. The monoisotopic (exact) mass is 353 g/mol. The van der Waals surface area contributed by atoms with Gasteiger partial charge >= 0.3 is 0 Å². The molecule has 7 nitrogen and oxygen atoms in total. The average molecular weight is 353 g/mol. The van der Waals surface area contributed by atoms with Gasteiger partial charge in [0.05, 0.1) is 12.6 Å². The molecule has 0 radical (unpaired) electrons. The van der Waals surface area contributed by atoms with Gasteiger partial charge in [0, 0.05) is 47.7 Å².